The third kappa shape index (κ3) is 3.51. The van der Waals surface area contributed by atoms with Gasteiger partial charge < -0.3 is 10.2 Å². The molecule has 0 aliphatic rings. The van der Waals surface area contributed by atoms with Crippen molar-refractivity contribution >= 4 is 0 Å². The minimum absolute atomic E-state index is 0.0433. The fourth-order valence-corrected chi connectivity index (χ4v) is 1.87. The van der Waals surface area contributed by atoms with Gasteiger partial charge in [-0.2, -0.15) is 18.3 Å². The number of aliphatic hydroxyl groups is 1. The molecule has 0 unspecified atom stereocenters. The number of alkyl halides is 3. The van der Waals surface area contributed by atoms with Crippen LogP contribution in [0.3, 0.4) is 0 Å². The summed E-state index contributed by atoms with van der Waals surface area (Å²) in [6, 6.07) is 4.72. The number of nitrogens with zero attached hydrogens (tertiary/aromatic N) is 2. The molecule has 7 heteroatoms. The van der Waals surface area contributed by atoms with Crippen molar-refractivity contribution in [3.63, 3.8) is 0 Å². The fourth-order valence-electron chi connectivity index (χ4n) is 1.87. The van der Waals surface area contributed by atoms with Crippen LogP contribution in [-0.2, 0) is 13.0 Å². The first kappa shape index (κ1) is 14.4. The van der Waals surface area contributed by atoms with E-state index in [0.717, 1.165) is 10.2 Å². The lowest BCUT2D eigenvalue weighted by molar-refractivity contribution is -0.142. The lowest BCUT2D eigenvalue weighted by atomic mass is 10.0. The summed E-state index contributed by atoms with van der Waals surface area (Å²) < 4.78 is 37.5. The van der Waals surface area contributed by atoms with E-state index in [-0.39, 0.29) is 12.4 Å². The number of halogens is 3. The van der Waals surface area contributed by atoms with Crippen LogP contribution in [0.25, 0.3) is 11.1 Å². The first-order valence-electron chi connectivity index (χ1n) is 5.91. The molecular formula is C13H13F3N2O2. The van der Waals surface area contributed by atoms with Crippen LogP contribution in [0.1, 0.15) is 5.56 Å². The van der Waals surface area contributed by atoms with Crippen LogP contribution in [0, 0.1) is 0 Å². The standard InChI is InChI=1S/C13H13F3N2O2/c14-13(15,16)8-18-7-10(6-17-18)11-5-9(3-4-19)1-2-12(11)20/h1-2,5-7,19-20H,3-4,8H2. The average Bonchev–Trinajstić information content (AvgIpc) is 2.78. The molecule has 0 bridgehead atoms. The summed E-state index contributed by atoms with van der Waals surface area (Å²) in [5, 5.41) is 22.3. The Morgan fingerprint density at radius 1 is 1.25 bits per heavy atom. The van der Waals surface area contributed by atoms with Crippen LogP contribution in [0.15, 0.2) is 30.6 Å². The molecule has 0 aliphatic carbocycles. The molecule has 4 nitrogen and oxygen atoms in total. The van der Waals surface area contributed by atoms with E-state index < -0.39 is 12.7 Å². The van der Waals surface area contributed by atoms with Crippen LogP contribution in [0.2, 0.25) is 0 Å². The van der Waals surface area contributed by atoms with Crippen molar-refractivity contribution in [3.05, 3.63) is 36.2 Å². The third-order valence-electron chi connectivity index (χ3n) is 2.75. The number of hydrogen-bond acceptors (Lipinski definition) is 3. The molecule has 0 saturated heterocycles. The molecule has 0 aliphatic heterocycles. The lowest BCUT2D eigenvalue weighted by Crippen LogP contribution is -2.17. The number of benzene rings is 1. The van der Waals surface area contributed by atoms with Gasteiger partial charge in [-0.05, 0) is 24.1 Å². The molecule has 0 radical (unpaired) electrons. The van der Waals surface area contributed by atoms with Gasteiger partial charge in [-0.15, -0.1) is 0 Å². The van der Waals surface area contributed by atoms with Gasteiger partial charge in [-0.1, -0.05) is 6.07 Å². The number of hydrogen-bond donors (Lipinski definition) is 2. The highest BCUT2D eigenvalue weighted by molar-refractivity contribution is 5.69. The summed E-state index contributed by atoms with van der Waals surface area (Å²) >= 11 is 0. The minimum Gasteiger partial charge on any atom is -0.507 e. The normalized spacial score (nSPS) is 11.8. The predicted octanol–water partition coefficient (Wildman–Crippen LogP) is 2.35. The number of aromatic hydroxyl groups is 1. The van der Waals surface area contributed by atoms with Gasteiger partial charge in [0.25, 0.3) is 0 Å². The zero-order chi connectivity index (χ0) is 14.8. The molecule has 0 atom stereocenters. The summed E-state index contributed by atoms with van der Waals surface area (Å²) in [6.07, 6.45) is -1.44. The SMILES string of the molecule is OCCc1ccc(O)c(-c2cnn(CC(F)(F)F)c2)c1. The van der Waals surface area contributed by atoms with E-state index in [1.807, 2.05) is 0 Å². The Bertz CT molecular complexity index is 594. The van der Waals surface area contributed by atoms with Gasteiger partial charge in [0, 0.05) is 23.9 Å². The van der Waals surface area contributed by atoms with Crippen molar-refractivity contribution in [2.75, 3.05) is 6.61 Å². The van der Waals surface area contributed by atoms with Gasteiger partial charge in [0.15, 0.2) is 0 Å². The molecule has 1 aromatic carbocycles. The number of rotatable bonds is 4. The Labute approximate surface area is 113 Å². The zero-order valence-corrected chi connectivity index (χ0v) is 10.4. The second kappa shape index (κ2) is 5.54. The average molecular weight is 286 g/mol. The summed E-state index contributed by atoms with van der Waals surface area (Å²) in [4.78, 5) is 0. The molecule has 0 amide bonds. The monoisotopic (exact) mass is 286 g/mol. The molecule has 2 rings (SSSR count). The number of phenolic OH excluding ortho intramolecular Hbond substituents is 1. The van der Waals surface area contributed by atoms with Crippen LogP contribution in [0.4, 0.5) is 13.2 Å². The summed E-state index contributed by atoms with van der Waals surface area (Å²) in [7, 11) is 0. The predicted molar refractivity (Wildman–Crippen MR) is 66.2 cm³/mol. The van der Waals surface area contributed by atoms with E-state index in [9.17, 15) is 18.3 Å². The van der Waals surface area contributed by atoms with Gasteiger partial charge in [0.1, 0.15) is 12.3 Å². The Morgan fingerprint density at radius 3 is 2.65 bits per heavy atom. The van der Waals surface area contributed by atoms with Crippen LogP contribution < -0.4 is 0 Å². The Hall–Kier alpha value is -2.02. The minimum atomic E-state index is -4.34. The topological polar surface area (TPSA) is 58.3 Å². The summed E-state index contributed by atoms with van der Waals surface area (Å²) in [5.41, 5.74) is 1.57. The quantitative estimate of drug-likeness (QED) is 0.907. The zero-order valence-electron chi connectivity index (χ0n) is 10.4. The lowest BCUT2D eigenvalue weighted by Gasteiger charge is -2.06. The van der Waals surface area contributed by atoms with Crippen molar-refractivity contribution in [1.29, 1.82) is 0 Å². The highest BCUT2D eigenvalue weighted by Crippen LogP contribution is 2.30. The largest absolute Gasteiger partial charge is 0.507 e. The van der Waals surface area contributed by atoms with Crippen LogP contribution >= 0.6 is 0 Å². The molecule has 1 heterocycles. The maximum absolute atomic E-state index is 12.3. The second-order valence-corrected chi connectivity index (χ2v) is 4.37. The van der Waals surface area contributed by atoms with Crippen molar-refractivity contribution < 1.29 is 23.4 Å². The molecule has 108 valence electrons. The van der Waals surface area contributed by atoms with Gasteiger partial charge in [0.05, 0.1) is 6.20 Å². The highest BCUT2D eigenvalue weighted by Gasteiger charge is 2.28. The maximum atomic E-state index is 12.3. The van der Waals surface area contributed by atoms with Crippen molar-refractivity contribution in [1.82, 2.24) is 9.78 Å². The van der Waals surface area contributed by atoms with Crippen LogP contribution in [0.5, 0.6) is 5.75 Å². The molecule has 0 spiro atoms. The highest BCUT2D eigenvalue weighted by atomic mass is 19.4. The smallest absolute Gasteiger partial charge is 0.408 e. The van der Waals surface area contributed by atoms with Gasteiger partial charge in [0.2, 0.25) is 0 Å². The number of aromatic nitrogens is 2. The number of aliphatic hydroxyl groups excluding tert-OH is 1. The van der Waals surface area contributed by atoms with Crippen LogP contribution in [-0.4, -0.2) is 32.8 Å². The first-order valence-corrected chi connectivity index (χ1v) is 5.91. The summed E-state index contributed by atoms with van der Waals surface area (Å²) in [5.74, 6) is -0.0433. The van der Waals surface area contributed by atoms with Gasteiger partial charge in [-0.3, -0.25) is 4.68 Å². The first-order chi connectivity index (χ1) is 9.39. The van der Waals surface area contributed by atoms with Gasteiger partial charge in [-0.25, -0.2) is 0 Å². The summed E-state index contributed by atoms with van der Waals surface area (Å²) in [6.45, 7) is -1.22. The van der Waals surface area contributed by atoms with E-state index >= 15 is 0 Å². The molecule has 2 N–H and O–H groups in total. The van der Waals surface area contributed by atoms with E-state index in [4.69, 9.17) is 5.11 Å². The fraction of sp³-hybridized carbons (Fsp3) is 0.308. The van der Waals surface area contributed by atoms with Crippen molar-refractivity contribution in [2.45, 2.75) is 19.1 Å². The van der Waals surface area contributed by atoms with E-state index in [0.29, 0.717) is 17.5 Å². The number of phenols is 1. The molecule has 0 fully saturated rings. The third-order valence-corrected chi connectivity index (χ3v) is 2.75. The van der Waals surface area contributed by atoms with E-state index in [1.165, 1.54) is 18.5 Å². The molecule has 1 aromatic heterocycles. The molecule has 20 heavy (non-hydrogen) atoms. The Morgan fingerprint density at radius 2 is 2.00 bits per heavy atom. The van der Waals surface area contributed by atoms with Crippen molar-refractivity contribution in [3.8, 4) is 16.9 Å². The Balaban J connectivity index is 2.29. The molecule has 0 saturated carbocycles. The second-order valence-electron chi connectivity index (χ2n) is 4.37. The van der Waals surface area contributed by atoms with Crippen molar-refractivity contribution in [2.24, 2.45) is 0 Å². The van der Waals surface area contributed by atoms with Gasteiger partial charge >= 0.3 is 6.18 Å². The Kier molecular flexibility index (Phi) is 3.99. The van der Waals surface area contributed by atoms with E-state index in [1.54, 1.807) is 12.1 Å². The maximum Gasteiger partial charge on any atom is 0.408 e. The molecule has 2 aromatic rings. The van der Waals surface area contributed by atoms with E-state index in [2.05, 4.69) is 5.10 Å². The molecular weight excluding hydrogens is 273 g/mol.